The molecule has 0 radical (unpaired) electrons. The molecule has 1 saturated heterocycles. The van der Waals surface area contributed by atoms with E-state index in [1.807, 2.05) is 81.4 Å². The van der Waals surface area contributed by atoms with Crippen molar-refractivity contribution in [2.45, 2.75) is 70.7 Å². The summed E-state index contributed by atoms with van der Waals surface area (Å²) in [7, 11) is 1.66. The number of rotatable bonds is 16. The molecule has 9 nitrogen and oxygen atoms in total. The highest BCUT2D eigenvalue weighted by atomic mass is 16.6. The summed E-state index contributed by atoms with van der Waals surface area (Å²) < 4.78 is 35.3. The van der Waals surface area contributed by atoms with Gasteiger partial charge < -0.3 is 33.3 Å². The highest BCUT2D eigenvalue weighted by Crippen LogP contribution is 2.32. The summed E-state index contributed by atoms with van der Waals surface area (Å²) in [6.07, 6.45) is 2.01. The van der Waals surface area contributed by atoms with Crippen molar-refractivity contribution in [2.75, 3.05) is 46.6 Å². The average molecular weight is 645 g/mol. The van der Waals surface area contributed by atoms with Crippen LogP contribution in [0.25, 0.3) is 0 Å². The summed E-state index contributed by atoms with van der Waals surface area (Å²) in [4.78, 5) is 14.7. The third-order valence-electron chi connectivity index (χ3n) is 7.82. The topological polar surface area (TPSA) is 99.5 Å². The van der Waals surface area contributed by atoms with Gasteiger partial charge in [-0.3, -0.25) is 0 Å². The molecular formula is C38H48N2O7. The molecule has 9 heteroatoms. The predicted molar refractivity (Wildman–Crippen MR) is 180 cm³/mol. The zero-order valence-corrected chi connectivity index (χ0v) is 28.1. The lowest BCUT2D eigenvalue weighted by Crippen LogP contribution is -2.48. The second-order valence-electron chi connectivity index (χ2n) is 12.5. The number of nitriles is 1. The smallest absolute Gasteiger partial charge is 0.410 e. The lowest BCUT2D eigenvalue weighted by atomic mass is 9.87. The highest BCUT2D eigenvalue weighted by Gasteiger charge is 2.35. The average Bonchev–Trinajstić information content (AvgIpc) is 3.07. The lowest BCUT2D eigenvalue weighted by Gasteiger charge is -2.39. The number of hydrogen-bond donors (Lipinski definition) is 0. The minimum atomic E-state index is -0.575. The third kappa shape index (κ3) is 11.5. The molecule has 0 N–H and O–H groups in total. The van der Waals surface area contributed by atoms with Crippen LogP contribution in [-0.4, -0.2) is 69.3 Å². The Hall–Kier alpha value is -4.26. The Kier molecular flexibility index (Phi) is 13.8. The molecule has 252 valence electrons. The van der Waals surface area contributed by atoms with Crippen LogP contribution in [0.5, 0.6) is 17.2 Å². The van der Waals surface area contributed by atoms with Gasteiger partial charge in [0.1, 0.15) is 29.5 Å². The number of benzene rings is 3. The van der Waals surface area contributed by atoms with Crippen LogP contribution in [0.4, 0.5) is 4.79 Å². The monoisotopic (exact) mass is 644 g/mol. The molecule has 1 heterocycles. The third-order valence-corrected chi connectivity index (χ3v) is 7.82. The Morgan fingerprint density at radius 2 is 1.62 bits per heavy atom. The molecule has 3 aromatic rings. The molecule has 2 atom stereocenters. The largest absolute Gasteiger partial charge is 0.496 e. The minimum absolute atomic E-state index is 0.0917. The van der Waals surface area contributed by atoms with Gasteiger partial charge in [0, 0.05) is 30.9 Å². The van der Waals surface area contributed by atoms with E-state index in [4.69, 9.17) is 33.7 Å². The van der Waals surface area contributed by atoms with Crippen LogP contribution < -0.4 is 14.2 Å². The van der Waals surface area contributed by atoms with E-state index in [9.17, 15) is 4.79 Å². The van der Waals surface area contributed by atoms with Crippen LogP contribution in [0.3, 0.4) is 0 Å². The first-order chi connectivity index (χ1) is 22.8. The Balaban J connectivity index is 1.30. The quantitative estimate of drug-likeness (QED) is 0.150. The van der Waals surface area contributed by atoms with Crippen molar-refractivity contribution in [1.29, 1.82) is 5.26 Å². The van der Waals surface area contributed by atoms with Crippen LogP contribution in [-0.2, 0) is 27.2 Å². The van der Waals surface area contributed by atoms with Crippen LogP contribution in [0.1, 0.15) is 62.6 Å². The van der Waals surface area contributed by atoms with Gasteiger partial charge in [-0.15, -0.1) is 0 Å². The Bertz CT molecular complexity index is 1430. The number of methoxy groups -OCH3 is 1. The maximum atomic E-state index is 12.9. The normalized spacial score (nSPS) is 16.3. The SMILES string of the molecule is COc1ccccc1COCCCOc1ccc(C2CCN(C(=O)OC(C)(C)C)CC2OCCOc2ccccc2CCC#N)cc1. The van der Waals surface area contributed by atoms with Crippen molar-refractivity contribution in [1.82, 2.24) is 4.90 Å². The number of para-hydroxylation sites is 2. The van der Waals surface area contributed by atoms with Crippen LogP contribution >= 0.6 is 0 Å². The van der Waals surface area contributed by atoms with Gasteiger partial charge in [-0.1, -0.05) is 48.5 Å². The van der Waals surface area contributed by atoms with Gasteiger partial charge in [0.15, 0.2) is 0 Å². The molecule has 1 fully saturated rings. The zero-order valence-electron chi connectivity index (χ0n) is 28.1. The van der Waals surface area contributed by atoms with E-state index in [1.54, 1.807) is 12.0 Å². The first kappa shape index (κ1) is 35.6. The van der Waals surface area contributed by atoms with Crippen molar-refractivity contribution in [2.24, 2.45) is 0 Å². The second-order valence-corrected chi connectivity index (χ2v) is 12.5. The fourth-order valence-electron chi connectivity index (χ4n) is 5.52. The van der Waals surface area contributed by atoms with Crippen molar-refractivity contribution < 1.29 is 33.2 Å². The van der Waals surface area contributed by atoms with Gasteiger partial charge in [0.2, 0.25) is 0 Å². The summed E-state index contributed by atoms with van der Waals surface area (Å²) in [5.74, 6) is 2.48. The van der Waals surface area contributed by atoms with E-state index in [1.165, 1.54) is 0 Å². The van der Waals surface area contributed by atoms with Gasteiger partial charge in [-0.2, -0.15) is 5.26 Å². The molecule has 4 rings (SSSR count). The molecule has 0 spiro atoms. The number of piperidine rings is 1. The van der Waals surface area contributed by atoms with Crippen LogP contribution in [0.15, 0.2) is 72.8 Å². The number of hydrogen-bond acceptors (Lipinski definition) is 8. The first-order valence-electron chi connectivity index (χ1n) is 16.4. The molecule has 1 aliphatic rings. The molecule has 0 aromatic heterocycles. The van der Waals surface area contributed by atoms with E-state index in [0.717, 1.165) is 46.8 Å². The van der Waals surface area contributed by atoms with E-state index in [-0.39, 0.29) is 18.1 Å². The Morgan fingerprint density at radius 3 is 2.34 bits per heavy atom. The van der Waals surface area contributed by atoms with Gasteiger partial charge in [0.05, 0.1) is 52.3 Å². The van der Waals surface area contributed by atoms with E-state index in [0.29, 0.717) is 59.0 Å². The Labute approximate surface area is 279 Å². The molecule has 1 aliphatic heterocycles. The fraction of sp³-hybridized carbons (Fsp3) is 0.474. The molecule has 0 saturated carbocycles. The van der Waals surface area contributed by atoms with Gasteiger partial charge in [0.25, 0.3) is 0 Å². The number of carbonyl (C=O) groups is 1. The highest BCUT2D eigenvalue weighted by molar-refractivity contribution is 5.68. The maximum absolute atomic E-state index is 12.9. The van der Waals surface area contributed by atoms with Crippen molar-refractivity contribution >= 4 is 6.09 Å². The fourth-order valence-corrected chi connectivity index (χ4v) is 5.52. The van der Waals surface area contributed by atoms with Crippen LogP contribution in [0.2, 0.25) is 0 Å². The number of aryl methyl sites for hydroxylation is 1. The number of ether oxygens (including phenoxy) is 6. The first-order valence-corrected chi connectivity index (χ1v) is 16.4. The molecule has 0 bridgehead atoms. The van der Waals surface area contributed by atoms with Crippen molar-refractivity contribution in [3.05, 3.63) is 89.5 Å². The molecule has 0 aliphatic carbocycles. The molecule has 3 aromatic carbocycles. The summed E-state index contributed by atoms with van der Waals surface area (Å²) in [6, 6.07) is 26.0. The van der Waals surface area contributed by atoms with Crippen molar-refractivity contribution in [3.8, 4) is 23.3 Å². The van der Waals surface area contributed by atoms with E-state index >= 15 is 0 Å². The number of nitrogens with zero attached hydrogens (tertiary/aromatic N) is 2. The lowest BCUT2D eigenvalue weighted by molar-refractivity contribution is -0.0358. The molecule has 2 unspecified atom stereocenters. The minimum Gasteiger partial charge on any atom is -0.496 e. The molecular weight excluding hydrogens is 596 g/mol. The predicted octanol–water partition coefficient (Wildman–Crippen LogP) is 7.33. The summed E-state index contributed by atoms with van der Waals surface area (Å²) in [5.41, 5.74) is 2.59. The van der Waals surface area contributed by atoms with Crippen molar-refractivity contribution in [3.63, 3.8) is 0 Å². The van der Waals surface area contributed by atoms with Gasteiger partial charge in [-0.05, 0) is 69.0 Å². The summed E-state index contributed by atoms with van der Waals surface area (Å²) >= 11 is 0. The van der Waals surface area contributed by atoms with E-state index < -0.39 is 5.60 Å². The summed E-state index contributed by atoms with van der Waals surface area (Å²) in [6.45, 7) is 8.95. The summed E-state index contributed by atoms with van der Waals surface area (Å²) in [5, 5.41) is 8.98. The molecule has 1 amide bonds. The second kappa shape index (κ2) is 18.2. The number of likely N-dealkylation sites (tertiary alicyclic amines) is 1. The number of carbonyl (C=O) groups excluding carboxylic acids is 1. The van der Waals surface area contributed by atoms with Gasteiger partial charge >= 0.3 is 6.09 Å². The van der Waals surface area contributed by atoms with Crippen LogP contribution in [0, 0.1) is 11.3 Å². The molecule has 47 heavy (non-hydrogen) atoms. The number of amides is 1. The standard InChI is InChI=1S/C38H48N2O7/c1-38(2,3)47-37(41)40-22-20-33(36(27-40)46-26-25-45-35-15-8-5-11-30(35)13-9-21-39)29-16-18-32(19-17-29)44-24-10-23-43-28-31-12-6-7-14-34(31)42-4/h5-8,11-12,14-19,33,36H,9-10,13,20,22-28H2,1-4H3. The van der Waals surface area contributed by atoms with Gasteiger partial charge in [-0.25, -0.2) is 4.79 Å². The zero-order chi connectivity index (χ0) is 33.5. The van der Waals surface area contributed by atoms with E-state index in [2.05, 4.69) is 18.2 Å². The Morgan fingerprint density at radius 1 is 0.894 bits per heavy atom. The maximum Gasteiger partial charge on any atom is 0.410 e.